The summed E-state index contributed by atoms with van der Waals surface area (Å²) in [5.41, 5.74) is 9.99. The van der Waals surface area contributed by atoms with Gasteiger partial charge in [-0.3, -0.25) is 19.2 Å². The van der Waals surface area contributed by atoms with Crippen LogP contribution in [0.2, 0.25) is 0 Å². The molecule has 660 valence electrons. The first-order chi connectivity index (χ1) is 57.1. The fourth-order valence-corrected chi connectivity index (χ4v) is 21.1. The number of nitrogens with zero attached hydrogens (tertiary/aromatic N) is 4. The van der Waals surface area contributed by atoms with Gasteiger partial charge in [0, 0.05) is 59.8 Å². The van der Waals surface area contributed by atoms with E-state index in [1.165, 1.54) is 250 Å². The lowest BCUT2D eigenvalue weighted by Gasteiger charge is -2.27. The highest BCUT2D eigenvalue weighted by Crippen LogP contribution is 2.63. The topological polar surface area (TPSA) is 297 Å². The van der Waals surface area contributed by atoms with Crippen LogP contribution in [0.5, 0.6) is 0 Å². The first-order valence-corrected chi connectivity index (χ1v) is 48.0. The van der Waals surface area contributed by atoms with Gasteiger partial charge < -0.3 is 53.4 Å². The van der Waals surface area contributed by atoms with E-state index in [1.807, 2.05) is 20.8 Å². The number of esters is 4. The lowest BCUT2D eigenvalue weighted by atomic mass is 9.77. The van der Waals surface area contributed by atoms with Crippen LogP contribution in [-0.2, 0) is 49.5 Å². The maximum Gasteiger partial charge on any atom is 0.343 e. The van der Waals surface area contributed by atoms with Gasteiger partial charge in [0.15, 0.2) is 5.76 Å². The normalized spacial score (nSPS) is 28.4. The molecule has 2 aromatic rings. The van der Waals surface area contributed by atoms with Crippen molar-refractivity contribution in [3.8, 4) is 0 Å². The molecule has 0 amide bonds. The Morgan fingerprint density at radius 2 is 0.814 bits per heavy atom. The minimum Gasteiger partial charge on any atom is -0.466 e. The highest BCUT2D eigenvalue weighted by Gasteiger charge is 2.52. The zero-order chi connectivity index (χ0) is 83.6. The molecule has 0 radical (unpaired) electrons. The van der Waals surface area contributed by atoms with Crippen LogP contribution < -0.4 is 0 Å². The Kier molecular flexibility index (Phi) is 32.9. The number of carbonyl (C=O) groups is 6. The van der Waals surface area contributed by atoms with Crippen LogP contribution in [-0.4, -0.2) is 111 Å². The molecule has 118 heavy (non-hydrogen) atoms. The number of hydrogen-bond donors (Lipinski definition) is 4. The SMILES string of the molecule is C=C1CCC(C(=O)OCC)CC1.CCOC(=O)C1CCC2(CC1)CC2.CCOC(=O)CC(=O)C1CC1.CCOC(=O)c1c(C2CCC3(CC2)CC3)noc1C1CC1.O=CC1CCC2(CC1)CC2.OCC1CCC2(CC1)CC2.OCc1c(C2CCC3(CC2)CC3)noc1C1CC1.ON=C(Cl)C1CCC2(CC1)CC2.ON=CC1CCC2(CC1)CC2. The molecule has 0 aromatic carbocycles. The van der Waals surface area contributed by atoms with Gasteiger partial charge in [-0.1, -0.05) is 39.2 Å². The van der Waals surface area contributed by atoms with Crippen LogP contribution in [0.4, 0.5) is 0 Å². The fraction of sp³-hybridized carbons (Fsp3) is 0.835. The zero-order valence-corrected chi connectivity index (χ0v) is 73.5. The van der Waals surface area contributed by atoms with E-state index in [9.17, 15) is 33.9 Å². The molecule has 0 saturated heterocycles. The summed E-state index contributed by atoms with van der Waals surface area (Å²) in [5.74, 6) is 5.54. The molecule has 0 aliphatic heterocycles. The average Bonchev–Trinajstić information content (AvgIpc) is 1.65. The molecule has 0 atom stereocenters. The first-order valence-electron chi connectivity index (χ1n) is 47.6. The van der Waals surface area contributed by atoms with E-state index in [-0.39, 0.29) is 60.4 Å². The number of aromatic nitrogens is 2. The lowest BCUT2D eigenvalue weighted by molar-refractivity contribution is -0.150. The molecule has 20 rings (SSSR count). The van der Waals surface area contributed by atoms with Crippen molar-refractivity contribution < 1.29 is 77.4 Å². The fourth-order valence-electron chi connectivity index (χ4n) is 20.9. The van der Waals surface area contributed by atoms with E-state index in [0.717, 1.165) is 146 Å². The number of hydrogen-bond acceptors (Lipinski definition) is 20. The van der Waals surface area contributed by atoms with Crippen molar-refractivity contribution in [2.45, 2.75) is 398 Å². The first kappa shape index (κ1) is 91.7. The van der Waals surface area contributed by atoms with Crippen LogP contribution in [0.1, 0.15) is 430 Å². The Morgan fingerprint density at radius 1 is 0.441 bits per heavy atom. The van der Waals surface area contributed by atoms with Gasteiger partial charge in [0.25, 0.3) is 0 Å². The molecule has 7 spiro atoms. The van der Waals surface area contributed by atoms with Gasteiger partial charge in [-0.2, -0.15) is 0 Å². The number of Topliss-reactive ketones (excluding diaryl/α,β-unsaturated/α-hetero) is 1. The number of carbonyl (C=O) groups excluding carboxylic acids is 6. The molecule has 0 bridgehead atoms. The highest BCUT2D eigenvalue weighted by molar-refractivity contribution is 6.65. The third kappa shape index (κ3) is 27.0. The number of halogens is 1. The Balaban J connectivity index is 0.000000124. The third-order valence-corrected chi connectivity index (χ3v) is 32.3. The monoisotopic (exact) mass is 1660 g/mol. The Labute approximate surface area is 709 Å². The van der Waals surface area contributed by atoms with Crippen molar-refractivity contribution >= 4 is 58.9 Å². The predicted octanol–water partition coefficient (Wildman–Crippen LogP) is 22.9. The minimum absolute atomic E-state index is 0.0231. The zero-order valence-electron chi connectivity index (χ0n) is 72.8. The van der Waals surface area contributed by atoms with Gasteiger partial charge in [0.2, 0.25) is 0 Å². The summed E-state index contributed by atoms with van der Waals surface area (Å²) in [6.45, 7) is 13.5. The van der Waals surface area contributed by atoms with Gasteiger partial charge >= 0.3 is 23.9 Å². The van der Waals surface area contributed by atoms with Crippen molar-refractivity contribution in [1.29, 1.82) is 0 Å². The van der Waals surface area contributed by atoms with Crippen LogP contribution in [0.25, 0.3) is 0 Å². The minimum atomic E-state index is -0.385. The Hall–Kier alpha value is -5.47. The Morgan fingerprint density at radius 3 is 1.19 bits per heavy atom. The van der Waals surface area contributed by atoms with Gasteiger partial charge in [-0.05, 0) is 411 Å². The number of allylic oxidation sites excluding steroid dienone is 1. The number of rotatable bonds is 19. The van der Waals surface area contributed by atoms with Crippen molar-refractivity contribution in [2.75, 3.05) is 33.0 Å². The molecule has 20 nitrogen and oxygen atoms in total. The third-order valence-electron chi connectivity index (χ3n) is 31.9. The quantitative estimate of drug-likeness (QED) is 0.0148. The van der Waals surface area contributed by atoms with Crippen LogP contribution >= 0.6 is 11.6 Å². The second-order valence-electron chi connectivity index (χ2n) is 40.6. The number of ether oxygens (including phenoxy) is 4. The van der Waals surface area contributed by atoms with E-state index in [2.05, 4.69) is 31.9 Å². The van der Waals surface area contributed by atoms with Crippen molar-refractivity contribution in [2.24, 2.45) is 89.6 Å². The van der Waals surface area contributed by atoms with E-state index in [4.69, 9.17) is 50.4 Å². The maximum atomic E-state index is 12.3. The summed E-state index contributed by atoms with van der Waals surface area (Å²) in [6, 6.07) is 0. The van der Waals surface area contributed by atoms with E-state index in [1.54, 1.807) is 13.1 Å². The summed E-state index contributed by atoms with van der Waals surface area (Å²) < 4.78 is 30.9. The van der Waals surface area contributed by atoms with Crippen molar-refractivity contribution in [3.05, 3.63) is 46.2 Å². The van der Waals surface area contributed by atoms with E-state index in [0.29, 0.717) is 107 Å². The largest absolute Gasteiger partial charge is 0.466 e. The summed E-state index contributed by atoms with van der Waals surface area (Å²) in [5, 5.41) is 50.5. The molecule has 2 aromatic heterocycles. The lowest BCUT2D eigenvalue weighted by Crippen LogP contribution is -2.24. The number of aliphatic hydroxyl groups excluding tert-OH is 2. The second-order valence-corrected chi connectivity index (χ2v) is 41.0. The molecule has 18 saturated carbocycles. The average molecular weight is 1660 g/mol. The number of ketones is 1. The van der Waals surface area contributed by atoms with Gasteiger partial charge in [-0.25, -0.2) is 4.79 Å². The highest BCUT2D eigenvalue weighted by atomic mass is 35.5. The summed E-state index contributed by atoms with van der Waals surface area (Å²) in [7, 11) is 0. The standard InChI is InChI=1S/C17H23NO3.C15H21NO2.C11H18O2.C10H16O2.C9H14ClNO.C9H15NO.C9H16O.C9H14O.C8H12O3/c1-2-20-16(19)13-14(18-21-15(13)12-3-4-12)11-5-7-17(8-6-11)9-10-17;17-9-12-13(16-18-14(12)11-1-2-11)10-3-5-15(6-4-10)7-8-15;1-2-13-10(12)9-3-5-11(6-4-9)7-8-11;1-3-12-10(11)9-6-4-8(2)5-7-9;10-8(11-12)7-1-3-9(4-2-7)5-6-9;11-10-7-8-1-3-9(4-2-8)5-6-9;2*10-7-8-1-3-9(4-2-8)5-6-9;1-2-11-8(10)5-7(9)6-3-4-6/h11-12H,2-10H2,1H3;10-11,17H,1-9H2;9H,2-8H2,1H3;9H,2-7H2,1H3;7,12H,1-6H2;7-8,11H,1-6H2;8,10H,1-7H2;7-8H,1-6H2;6H,2-5H2,1H3. The summed E-state index contributed by atoms with van der Waals surface area (Å²) in [4.78, 5) is 67.1. The predicted molar refractivity (Wildman–Crippen MR) is 455 cm³/mol. The van der Waals surface area contributed by atoms with E-state index >= 15 is 0 Å². The van der Waals surface area contributed by atoms with Crippen molar-refractivity contribution in [3.63, 3.8) is 0 Å². The number of aldehydes is 1. The van der Waals surface area contributed by atoms with Gasteiger partial charge in [0.1, 0.15) is 40.7 Å². The molecule has 4 N–H and O–H groups in total. The molecule has 18 aliphatic rings. The molecule has 18 fully saturated rings. The number of oxime groups is 2. The molecular weight excluding hydrogens is 1510 g/mol. The maximum absolute atomic E-state index is 12.3. The van der Waals surface area contributed by atoms with Crippen LogP contribution in [0.3, 0.4) is 0 Å². The van der Waals surface area contributed by atoms with Crippen molar-refractivity contribution in [1.82, 2.24) is 10.3 Å². The smallest absolute Gasteiger partial charge is 0.343 e. The van der Waals surface area contributed by atoms with Gasteiger partial charge in [0.05, 0.1) is 50.6 Å². The summed E-state index contributed by atoms with van der Waals surface area (Å²) in [6.07, 6.45) is 68.3. The molecule has 2 heterocycles. The summed E-state index contributed by atoms with van der Waals surface area (Å²) >= 11 is 5.76. The number of aliphatic hydroxyl groups is 2. The second kappa shape index (κ2) is 42.3. The van der Waals surface area contributed by atoms with Gasteiger partial charge in [-0.15, -0.1) is 5.16 Å². The van der Waals surface area contributed by atoms with Crippen LogP contribution in [0, 0.1) is 79.3 Å². The molecule has 18 aliphatic carbocycles. The molecule has 0 unspecified atom stereocenters. The molecule has 21 heteroatoms. The van der Waals surface area contributed by atoms with E-state index < -0.39 is 0 Å². The molecular formula is C97H149ClN4O16. The Bertz CT molecular complexity index is 3590. The van der Waals surface area contributed by atoms with Crippen LogP contribution in [0.15, 0.2) is 31.5 Å².